The number of para-hydroxylation sites is 2. The fourth-order valence-corrected chi connectivity index (χ4v) is 3.66. The predicted molar refractivity (Wildman–Crippen MR) is 121 cm³/mol. The molecule has 31 heavy (non-hydrogen) atoms. The van der Waals surface area contributed by atoms with Crippen molar-refractivity contribution in [3.8, 4) is 0 Å². The van der Waals surface area contributed by atoms with Gasteiger partial charge in [-0.2, -0.15) is 0 Å². The Morgan fingerprint density at radius 2 is 1.87 bits per heavy atom. The molecular weight excluding hydrogens is 417 g/mol. The highest BCUT2D eigenvalue weighted by atomic mass is 35.5. The lowest BCUT2D eigenvalue weighted by atomic mass is 10.1. The molecule has 1 N–H and O–H groups in total. The van der Waals surface area contributed by atoms with Crippen LogP contribution in [0.5, 0.6) is 0 Å². The van der Waals surface area contributed by atoms with E-state index in [1.54, 1.807) is 42.5 Å². The Morgan fingerprint density at radius 1 is 1.13 bits per heavy atom. The first-order valence-electron chi connectivity index (χ1n) is 9.69. The molecule has 0 aromatic heterocycles. The molecule has 0 aliphatic carbocycles. The van der Waals surface area contributed by atoms with Crippen molar-refractivity contribution in [2.45, 2.75) is 13.3 Å². The van der Waals surface area contributed by atoms with Gasteiger partial charge in [-0.15, -0.1) is 0 Å². The number of anilines is 2. The van der Waals surface area contributed by atoms with E-state index in [9.17, 15) is 14.0 Å². The van der Waals surface area contributed by atoms with E-state index in [1.165, 1.54) is 17.0 Å². The number of aryl methyl sites for hydroxylation is 1. The molecule has 0 unspecified atom stereocenters. The maximum Gasteiger partial charge on any atom is 0.244 e. The van der Waals surface area contributed by atoms with Gasteiger partial charge in [0, 0.05) is 0 Å². The molecule has 156 valence electrons. The van der Waals surface area contributed by atoms with Crippen LogP contribution >= 0.6 is 11.6 Å². The molecule has 1 aliphatic rings. The molecule has 7 heteroatoms. The number of hydrogen-bond donors (Lipinski definition) is 1. The number of nitrogens with zero attached hydrogens (tertiary/aromatic N) is 2. The SMILES string of the molecule is Cc1ccc(NC(=O)CN2C(=O)CC(c3ccc(F)cc3)=Nc3ccccc32)c(Cl)c1. The molecular formula is C24H19ClFN3O2. The van der Waals surface area contributed by atoms with Gasteiger partial charge in [0.25, 0.3) is 0 Å². The average Bonchev–Trinajstić information content (AvgIpc) is 2.87. The molecule has 0 spiro atoms. The lowest BCUT2D eigenvalue weighted by Gasteiger charge is -2.22. The van der Waals surface area contributed by atoms with E-state index in [4.69, 9.17) is 11.6 Å². The molecule has 3 aromatic rings. The van der Waals surface area contributed by atoms with E-state index in [1.807, 2.05) is 19.1 Å². The van der Waals surface area contributed by atoms with E-state index < -0.39 is 0 Å². The second kappa shape index (κ2) is 8.70. The Balaban J connectivity index is 1.60. The second-order valence-electron chi connectivity index (χ2n) is 7.24. The summed E-state index contributed by atoms with van der Waals surface area (Å²) in [7, 11) is 0. The van der Waals surface area contributed by atoms with Crippen LogP contribution < -0.4 is 10.2 Å². The van der Waals surface area contributed by atoms with E-state index in [0.29, 0.717) is 33.4 Å². The fraction of sp³-hybridized carbons (Fsp3) is 0.125. The summed E-state index contributed by atoms with van der Waals surface area (Å²) in [4.78, 5) is 31.9. The molecule has 0 saturated carbocycles. The fourth-order valence-electron chi connectivity index (χ4n) is 3.38. The number of benzene rings is 3. The smallest absolute Gasteiger partial charge is 0.244 e. The monoisotopic (exact) mass is 435 g/mol. The summed E-state index contributed by atoms with van der Waals surface area (Å²) in [6.45, 7) is 1.72. The van der Waals surface area contributed by atoms with Gasteiger partial charge >= 0.3 is 0 Å². The van der Waals surface area contributed by atoms with E-state index >= 15 is 0 Å². The Morgan fingerprint density at radius 3 is 2.61 bits per heavy atom. The van der Waals surface area contributed by atoms with Crippen molar-refractivity contribution in [2.75, 3.05) is 16.8 Å². The van der Waals surface area contributed by atoms with Crippen LogP contribution in [-0.4, -0.2) is 24.1 Å². The first-order valence-corrected chi connectivity index (χ1v) is 10.1. The summed E-state index contributed by atoms with van der Waals surface area (Å²) in [5.41, 5.74) is 3.73. The molecule has 4 rings (SSSR count). The van der Waals surface area contributed by atoms with E-state index in [-0.39, 0.29) is 30.6 Å². The third kappa shape index (κ3) is 4.64. The van der Waals surface area contributed by atoms with Gasteiger partial charge in [0.05, 0.1) is 34.2 Å². The topological polar surface area (TPSA) is 61.8 Å². The minimum absolute atomic E-state index is 0.0150. The number of rotatable bonds is 4. The molecule has 0 atom stereocenters. The number of nitrogens with one attached hydrogen (secondary N) is 1. The Labute approximate surface area is 184 Å². The van der Waals surface area contributed by atoms with Gasteiger partial charge < -0.3 is 10.2 Å². The zero-order valence-electron chi connectivity index (χ0n) is 16.7. The number of carbonyl (C=O) groups excluding carboxylic acids is 2. The van der Waals surface area contributed by atoms with Gasteiger partial charge in [-0.05, 0) is 54.4 Å². The van der Waals surface area contributed by atoms with Crippen LogP contribution in [0.2, 0.25) is 5.02 Å². The first-order chi connectivity index (χ1) is 14.9. The molecule has 2 amide bonds. The zero-order chi connectivity index (χ0) is 22.0. The van der Waals surface area contributed by atoms with Crippen molar-refractivity contribution >= 4 is 46.2 Å². The van der Waals surface area contributed by atoms with Crippen molar-refractivity contribution < 1.29 is 14.0 Å². The molecule has 0 saturated heterocycles. The van der Waals surface area contributed by atoms with Crippen molar-refractivity contribution in [3.05, 3.63) is 88.7 Å². The first kappa shape index (κ1) is 20.8. The van der Waals surface area contributed by atoms with Crippen LogP contribution in [0, 0.1) is 12.7 Å². The summed E-state index contributed by atoms with van der Waals surface area (Å²) < 4.78 is 13.3. The Kier molecular flexibility index (Phi) is 5.82. The molecule has 0 fully saturated rings. The van der Waals surface area contributed by atoms with Gasteiger partial charge in [0.1, 0.15) is 12.4 Å². The summed E-state index contributed by atoms with van der Waals surface area (Å²) in [5, 5.41) is 3.19. The normalized spacial score (nSPS) is 13.3. The minimum atomic E-state index is -0.376. The van der Waals surface area contributed by atoms with Gasteiger partial charge in [-0.3, -0.25) is 14.6 Å². The average molecular weight is 436 g/mol. The lowest BCUT2D eigenvalue weighted by molar-refractivity contribution is -0.120. The Bertz CT molecular complexity index is 1190. The number of amides is 2. The van der Waals surface area contributed by atoms with Crippen LogP contribution in [0.4, 0.5) is 21.5 Å². The van der Waals surface area contributed by atoms with Crippen LogP contribution in [0.1, 0.15) is 17.5 Å². The van der Waals surface area contributed by atoms with Crippen molar-refractivity contribution in [2.24, 2.45) is 4.99 Å². The number of fused-ring (bicyclic) bond motifs is 1. The maximum absolute atomic E-state index is 13.3. The largest absolute Gasteiger partial charge is 0.323 e. The number of aliphatic imine (C=N–C) groups is 1. The molecule has 0 bridgehead atoms. The van der Waals surface area contributed by atoms with Crippen LogP contribution in [0.3, 0.4) is 0 Å². The minimum Gasteiger partial charge on any atom is -0.323 e. The van der Waals surface area contributed by atoms with Crippen LogP contribution in [-0.2, 0) is 9.59 Å². The lowest BCUT2D eigenvalue weighted by Crippen LogP contribution is -2.38. The molecule has 5 nitrogen and oxygen atoms in total. The summed E-state index contributed by atoms with van der Waals surface area (Å²) in [6.07, 6.45) is -0.0150. The Hall–Kier alpha value is -3.51. The molecule has 3 aromatic carbocycles. The third-order valence-electron chi connectivity index (χ3n) is 4.93. The molecule has 1 heterocycles. The van der Waals surface area contributed by atoms with Crippen LogP contribution in [0.25, 0.3) is 0 Å². The zero-order valence-corrected chi connectivity index (χ0v) is 17.5. The quantitative estimate of drug-likeness (QED) is 0.605. The van der Waals surface area contributed by atoms with Gasteiger partial charge in [0.15, 0.2) is 0 Å². The van der Waals surface area contributed by atoms with Crippen molar-refractivity contribution in [3.63, 3.8) is 0 Å². The number of hydrogen-bond acceptors (Lipinski definition) is 3. The highest BCUT2D eigenvalue weighted by molar-refractivity contribution is 6.33. The standard InChI is InChI=1S/C24H19ClFN3O2/c1-15-6-11-19(18(25)12-15)28-23(30)14-29-22-5-3-2-4-20(22)27-21(13-24(29)31)16-7-9-17(26)10-8-16/h2-12H,13-14H2,1H3,(H,28,30). The molecule has 1 aliphatic heterocycles. The highest BCUT2D eigenvalue weighted by Crippen LogP contribution is 2.33. The summed E-state index contributed by atoms with van der Waals surface area (Å²) in [6, 6.07) is 18.3. The van der Waals surface area contributed by atoms with E-state index in [0.717, 1.165) is 5.56 Å². The summed E-state index contributed by atoms with van der Waals surface area (Å²) in [5.74, 6) is -1.02. The molecule has 0 radical (unpaired) electrons. The third-order valence-corrected chi connectivity index (χ3v) is 5.24. The van der Waals surface area contributed by atoms with Crippen molar-refractivity contribution in [1.82, 2.24) is 0 Å². The van der Waals surface area contributed by atoms with Crippen LogP contribution in [0.15, 0.2) is 71.7 Å². The van der Waals surface area contributed by atoms with Gasteiger partial charge in [-0.25, -0.2) is 4.39 Å². The summed E-state index contributed by atoms with van der Waals surface area (Å²) >= 11 is 6.21. The van der Waals surface area contributed by atoms with E-state index in [2.05, 4.69) is 10.3 Å². The predicted octanol–water partition coefficient (Wildman–Crippen LogP) is 5.28. The maximum atomic E-state index is 13.3. The highest BCUT2D eigenvalue weighted by Gasteiger charge is 2.26. The van der Waals surface area contributed by atoms with Crippen molar-refractivity contribution in [1.29, 1.82) is 0 Å². The number of carbonyl (C=O) groups is 2. The van der Waals surface area contributed by atoms with Gasteiger partial charge in [0.2, 0.25) is 11.8 Å². The second-order valence-corrected chi connectivity index (χ2v) is 7.65. The van der Waals surface area contributed by atoms with Gasteiger partial charge in [-0.1, -0.05) is 41.9 Å². The number of halogens is 2.